The Balaban J connectivity index is 1.28. The number of aromatic nitrogens is 1. The Morgan fingerprint density at radius 2 is 1.96 bits per heavy atom. The van der Waals surface area contributed by atoms with E-state index < -0.39 is 0 Å². The number of hydrogen-bond donors (Lipinski definition) is 1. The predicted molar refractivity (Wildman–Crippen MR) is 113 cm³/mol. The molecule has 1 fully saturated rings. The smallest absolute Gasteiger partial charge is 0.234 e. The Hall–Kier alpha value is -2.24. The van der Waals surface area contributed by atoms with Gasteiger partial charge in [-0.05, 0) is 61.9 Å². The number of hydrogen-bond acceptors (Lipinski definition) is 4. The maximum Gasteiger partial charge on any atom is 0.234 e. The molecule has 1 aliphatic carbocycles. The number of fused-ring (bicyclic) bond motifs is 2. The first-order valence-corrected chi connectivity index (χ1v) is 11.1. The number of aryl methyl sites for hydroxylation is 1. The second-order valence-corrected chi connectivity index (χ2v) is 8.92. The van der Waals surface area contributed by atoms with Crippen LogP contribution in [0.2, 0.25) is 0 Å². The minimum atomic E-state index is 0.134. The average molecular weight is 392 g/mol. The summed E-state index contributed by atoms with van der Waals surface area (Å²) in [6, 6.07) is 17.2. The quantitative estimate of drug-likeness (QED) is 0.705. The third-order valence-electron chi connectivity index (χ3n) is 6.01. The van der Waals surface area contributed by atoms with Crippen LogP contribution < -0.4 is 5.32 Å². The normalized spacial score (nSPS) is 22.3. The molecule has 1 saturated heterocycles. The highest BCUT2D eigenvalue weighted by atomic mass is 32.1. The third kappa shape index (κ3) is 3.45. The molecule has 0 bridgehead atoms. The maximum atomic E-state index is 12.9. The standard InChI is InChI=1S/C23H25N3OS/c27-22(24-18-11-5-8-16-7-1-2-9-17(16)18)15-26-14-6-12-20(26)23-25-19-10-3-4-13-21(19)28-23/h1-4,7,9-10,13,18,20H,5-6,8,11-12,14-15H2,(H,24,27)/t18-,20+/m0/s1. The van der Waals surface area contributed by atoms with E-state index in [1.807, 2.05) is 6.07 Å². The molecule has 1 N–H and O–H groups in total. The summed E-state index contributed by atoms with van der Waals surface area (Å²) in [6.07, 6.45) is 5.50. The first kappa shape index (κ1) is 17.8. The number of benzene rings is 2. The van der Waals surface area contributed by atoms with Crippen molar-refractivity contribution in [1.82, 2.24) is 15.2 Å². The van der Waals surface area contributed by atoms with Gasteiger partial charge in [-0.15, -0.1) is 11.3 Å². The molecule has 0 saturated carbocycles. The molecule has 0 spiro atoms. The minimum absolute atomic E-state index is 0.134. The number of nitrogens with one attached hydrogen (secondary N) is 1. The molecule has 4 nitrogen and oxygen atoms in total. The van der Waals surface area contributed by atoms with Crippen LogP contribution in [0.4, 0.5) is 0 Å². The van der Waals surface area contributed by atoms with Gasteiger partial charge in [-0.25, -0.2) is 4.98 Å². The summed E-state index contributed by atoms with van der Waals surface area (Å²) in [5.74, 6) is 0.134. The van der Waals surface area contributed by atoms with E-state index in [4.69, 9.17) is 4.98 Å². The lowest BCUT2D eigenvalue weighted by molar-refractivity contribution is -0.123. The van der Waals surface area contributed by atoms with E-state index in [0.29, 0.717) is 6.54 Å². The summed E-state index contributed by atoms with van der Waals surface area (Å²) in [6.45, 7) is 1.43. The van der Waals surface area contributed by atoms with Crippen molar-refractivity contribution in [1.29, 1.82) is 0 Å². The Morgan fingerprint density at radius 1 is 1.11 bits per heavy atom. The third-order valence-corrected chi connectivity index (χ3v) is 7.15. The minimum Gasteiger partial charge on any atom is -0.348 e. The summed E-state index contributed by atoms with van der Waals surface area (Å²) in [5, 5.41) is 4.45. The average Bonchev–Trinajstić information content (AvgIpc) is 3.34. The molecule has 144 valence electrons. The Bertz CT molecular complexity index is 965. The number of thiazole rings is 1. The van der Waals surface area contributed by atoms with Gasteiger partial charge in [-0.1, -0.05) is 36.4 Å². The summed E-state index contributed by atoms with van der Waals surface area (Å²) in [7, 11) is 0. The van der Waals surface area contributed by atoms with Crippen molar-refractivity contribution in [3.63, 3.8) is 0 Å². The van der Waals surface area contributed by atoms with Crippen molar-refractivity contribution in [2.45, 2.75) is 44.2 Å². The fourth-order valence-corrected chi connectivity index (χ4v) is 5.79. The van der Waals surface area contributed by atoms with Gasteiger partial charge < -0.3 is 5.32 Å². The molecule has 3 aromatic rings. The van der Waals surface area contributed by atoms with E-state index in [-0.39, 0.29) is 18.0 Å². The monoisotopic (exact) mass is 391 g/mol. The van der Waals surface area contributed by atoms with Crippen molar-refractivity contribution in [3.8, 4) is 0 Å². The summed E-state index contributed by atoms with van der Waals surface area (Å²) >= 11 is 1.77. The van der Waals surface area contributed by atoms with Crippen molar-refractivity contribution >= 4 is 27.5 Å². The zero-order valence-electron chi connectivity index (χ0n) is 15.9. The van der Waals surface area contributed by atoms with Crippen LogP contribution in [-0.4, -0.2) is 28.9 Å². The van der Waals surface area contributed by atoms with E-state index >= 15 is 0 Å². The Morgan fingerprint density at radius 3 is 2.89 bits per heavy atom. The lowest BCUT2D eigenvalue weighted by Gasteiger charge is -2.28. The number of nitrogens with zero attached hydrogens (tertiary/aromatic N) is 2. The van der Waals surface area contributed by atoms with Crippen molar-refractivity contribution < 1.29 is 4.79 Å². The van der Waals surface area contributed by atoms with Gasteiger partial charge in [0.1, 0.15) is 5.01 Å². The van der Waals surface area contributed by atoms with Crippen LogP contribution >= 0.6 is 11.3 Å². The van der Waals surface area contributed by atoms with Gasteiger partial charge in [0.15, 0.2) is 0 Å². The molecule has 0 radical (unpaired) electrons. The summed E-state index contributed by atoms with van der Waals surface area (Å²) in [5.41, 5.74) is 3.75. The second-order valence-electron chi connectivity index (χ2n) is 7.86. The van der Waals surface area contributed by atoms with Gasteiger partial charge in [0.2, 0.25) is 5.91 Å². The molecule has 28 heavy (non-hydrogen) atoms. The van der Waals surface area contributed by atoms with Crippen LogP contribution in [0.3, 0.4) is 0 Å². The molecular weight excluding hydrogens is 366 g/mol. The molecule has 2 aromatic carbocycles. The lowest BCUT2D eigenvalue weighted by Crippen LogP contribution is -2.39. The number of carbonyl (C=O) groups excluding carboxylic acids is 1. The first-order valence-electron chi connectivity index (χ1n) is 10.2. The fraction of sp³-hybridized carbons (Fsp3) is 0.391. The van der Waals surface area contributed by atoms with Gasteiger partial charge in [0.05, 0.1) is 28.8 Å². The van der Waals surface area contributed by atoms with E-state index in [0.717, 1.165) is 49.2 Å². The van der Waals surface area contributed by atoms with Crippen LogP contribution in [0, 0.1) is 0 Å². The molecule has 1 amide bonds. The van der Waals surface area contributed by atoms with Crippen molar-refractivity contribution in [2.75, 3.05) is 13.1 Å². The number of carbonyl (C=O) groups is 1. The topological polar surface area (TPSA) is 45.2 Å². The first-order chi connectivity index (χ1) is 13.8. The molecule has 2 aliphatic rings. The van der Waals surface area contributed by atoms with E-state index in [2.05, 4.69) is 52.7 Å². The largest absolute Gasteiger partial charge is 0.348 e. The van der Waals surface area contributed by atoms with Gasteiger partial charge in [0.25, 0.3) is 0 Å². The highest BCUT2D eigenvalue weighted by molar-refractivity contribution is 7.18. The molecule has 5 heteroatoms. The van der Waals surface area contributed by atoms with Crippen LogP contribution in [0.5, 0.6) is 0 Å². The van der Waals surface area contributed by atoms with E-state index in [1.165, 1.54) is 15.8 Å². The van der Waals surface area contributed by atoms with Crippen LogP contribution in [-0.2, 0) is 11.2 Å². The van der Waals surface area contributed by atoms with Crippen LogP contribution in [0.25, 0.3) is 10.2 Å². The highest BCUT2D eigenvalue weighted by Gasteiger charge is 2.31. The molecule has 2 heterocycles. The predicted octanol–water partition coefficient (Wildman–Crippen LogP) is 4.63. The highest BCUT2D eigenvalue weighted by Crippen LogP contribution is 2.36. The second kappa shape index (κ2) is 7.64. The number of likely N-dealkylation sites (tertiary alicyclic amines) is 1. The van der Waals surface area contributed by atoms with Crippen molar-refractivity contribution in [2.24, 2.45) is 0 Å². The lowest BCUT2D eigenvalue weighted by atomic mass is 9.88. The zero-order chi connectivity index (χ0) is 18.9. The number of amides is 1. The zero-order valence-corrected chi connectivity index (χ0v) is 16.8. The van der Waals surface area contributed by atoms with Gasteiger partial charge in [0, 0.05) is 0 Å². The van der Waals surface area contributed by atoms with Gasteiger partial charge in [-0.2, -0.15) is 0 Å². The summed E-state index contributed by atoms with van der Waals surface area (Å²) in [4.78, 5) is 20.0. The molecule has 1 aromatic heterocycles. The van der Waals surface area contributed by atoms with E-state index in [1.54, 1.807) is 11.3 Å². The van der Waals surface area contributed by atoms with Crippen molar-refractivity contribution in [3.05, 3.63) is 64.7 Å². The maximum absolute atomic E-state index is 12.9. The van der Waals surface area contributed by atoms with Gasteiger partial charge in [-0.3, -0.25) is 9.69 Å². The molecule has 2 atom stereocenters. The van der Waals surface area contributed by atoms with Crippen LogP contribution in [0.15, 0.2) is 48.5 Å². The van der Waals surface area contributed by atoms with Crippen LogP contribution in [0.1, 0.15) is 53.9 Å². The fourth-order valence-electron chi connectivity index (χ4n) is 4.66. The Kier molecular flexibility index (Phi) is 4.87. The number of para-hydroxylation sites is 1. The molecular formula is C23H25N3OS. The molecule has 5 rings (SSSR count). The number of rotatable bonds is 4. The van der Waals surface area contributed by atoms with Gasteiger partial charge >= 0.3 is 0 Å². The van der Waals surface area contributed by atoms with E-state index in [9.17, 15) is 4.79 Å². The Labute approximate surface area is 169 Å². The molecule has 0 unspecified atom stereocenters. The molecule has 1 aliphatic heterocycles. The summed E-state index contributed by atoms with van der Waals surface area (Å²) < 4.78 is 1.23. The SMILES string of the molecule is O=C(CN1CCC[C@@H]1c1nc2ccccc2s1)N[C@H]1CCCc2ccccc21.